The highest BCUT2D eigenvalue weighted by atomic mass is 16.2. The van der Waals surface area contributed by atoms with E-state index in [1.54, 1.807) is 0 Å². The molecule has 0 aromatic heterocycles. The van der Waals surface area contributed by atoms with E-state index in [-0.39, 0.29) is 11.9 Å². The van der Waals surface area contributed by atoms with Gasteiger partial charge in [0, 0.05) is 19.6 Å². The van der Waals surface area contributed by atoms with Crippen molar-refractivity contribution < 1.29 is 9.59 Å². The predicted molar refractivity (Wildman–Crippen MR) is 68.1 cm³/mol. The van der Waals surface area contributed by atoms with Crippen molar-refractivity contribution >= 4 is 11.9 Å². The number of nitrogens with one attached hydrogen (secondary N) is 3. The zero-order valence-electron chi connectivity index (χ0n) is 10.9. The summed E-state index contributed by atoms with van der Waals surface area (Å²) in [6.07, 6.45) is 0.865. The maximum Gasteiger partial charge on any atom is 0.321 e. The van der Waals surface area contributed by atoms with Crippen molar-refractivity contribution in [3.05, 3.63) is 0 Å². The zero-order chi connectivity index (χ0) is 13.0. The molecule has 6 heteroatoms. The molecule has 0 aromatic rings. The summed E-state index contributed by atoms with van der Waals surface area (Å²) in [6, 6.07) is -0.386. The molecule has 0 radical (unpaired) electrons. The third kappa shape index (κ3) is 3.43. The Morgan fingerprint density at radius 1 is 1.28 bits per heavy atom. The van der Waals surface area contributed by atoms with Gasteiger partial charge in [-0.2, -0.15) is 0 Å². The van der Waals surface area contributed by atoms with E-state index >= 15 is 0 Å². The number of rotatable bonds is 4. The lowest BCUT2D eigenvalue weighted by Crippen LogP contribution is -2.44. The Kier molecular flexibility index (Phi) is 4.54. The van der Waals surface area contributed by atoms with Crippen LogP contribution >= 0.6 is 0 Å². The van der Waals surface area contributed by atoms with E-state index in [4.69, 9.17) is 0 Å². The molecule has 2 heterocycles. The lowest BCUT2D eigenvalue weighted by Gasteiger charge is -2.16. The highest BCUT2D eigenvalue weighted by Gasteiger charge is 2.36. The van der Waals surface area contributed by atoms with E-state index in [1.807, 2.05) is 6.92 Å². The normalized spacial score (nSPS) is 26.9. The Morgan fingerprint density at radius 3 is 2.56 bits per heavy atom. The third-order valence-electron chi connectivity index (χ3n) is 3.62. The van der Waals surface area contributed by atoms with E-state index < -0.39 is 0 Å². The molecule has 2 rings (SSSR count). The first kappa shape index (κ1) is 13.3. The fraction of sp³-hybridized carbons (Fsp3) is 0.833. The Bertz CT molecular complexity index is 309. The van der Waals surface area contributed by atoms with Gasteiger partial charge < -0.3 is 10.6 Å². The fourth-order valence-corrected chi connectivity index (χ4v) is 2.73. The van der Waals surface area contributed by atoms with Crippen LogP contribution in [-0.4, -0.2) is 56.1 Å². The summed E-state index contributed by atoms with van der Waals surface area (Å²) >= 11 is 0. The van der Waals surface area contributed by atoms with Gasteiger partial charge in [0.2, 0.25) is 5.91 Å². The van der Waals surface area contributed by atoms with Crippen LogP contribution in [0.1, 0.15) is 13.3 Å². The summed E-state index contributed by atoms with van der Waals surface area (Å²) in [5.41, 5.74) is 0. The minimum absolute atomic E-state index is 0.212. The average molecular weight is 254 g/mol. The van der Waals surface area contributed by atoms with Gasteiger partial charge in [-0.25, -0.2) is 4.79 Å². The van der Waals surface area contributed by atoms with Gasteiger partial charge in [0.1, 0.15) is 0 Å². The molecule has 0 aromatic carbocycles. The van der Waals surface area contributed by atoms with Crippen LogP contribution in [0.2, 0.25) is 0 Å². The maximum atomic E-state index is 11.7. The minimum atomic E-state index is -0.386. The lowest BCUT2D eigenvalue weighted by molar-refractivity contribution is -0.121. The van der Waals surface area contributed by atoms with Crippen LogP contribution < -0.4 is 16.0 Å². The molecule has 2 aliphatic heterocycles. The van der Waals surface area contributed by atoms with Crippen LogP contribution in [0.15, 0.2) is 0 Å². The summed E-state index contributed by atoms with van der Waals surface area (Å²) in [4.78, 5) is 25.1. The van der Waals surface area contributed by atoms with E-state index in [2.05, 4.69) is 20.9 Å². The lowest BCUT2D eigenvalue weighted by atomic mass is 10.0. The summed E-state index contributed by atoms with van der Waals surface area (Å²) in [6.45, 7) is 6.92. The Hall–Kier alpha value is -1.14. The van der Waals surface area contributed by atoms with Crippen molar-refractivity contribution in [2.45, 2.75) is 13.3 Å². The van der Waals surface area contributed by atoms with Crippen LogP contribution in [0, 0.1) is 11.8 Å². The topological polar surface area (TPSA) is 73.5 Å². The number of amides is 3. The van der Waals surface area contributed by atoms with E-state index in [1.165, 1.54) is 0 Å². The van der Waals surface area contributed by atoms with Crippen LogP contribution in [-0.2, 0) is 4.79 Å². The standard InChI is InChI=1S/C12H22N4O2/c1-2-3-14-12(18)15-11(17)8-16-6-9-4-13-5-10(9)7-16/h9-10,13H,2-8H2,1H3,(H2,14,15,17,18). The fourth-order valence-electron chi connectivity index (χ4n) is 2.73. The van der Waals surface area contributed by atoms with Gasteiger partial charge >= 0.3 is 6.03 Å². The highest BCUT2D eigenvalue weighted by molar-refractivity contribution is 5.95. The Balaban J connectivity index is 1.67. The molecule has 18 heavy (non-hydrogen) atoms. The van der Waals surface area contributed by atoms with Crippen molar-refractivity contribution in [3.63, 3.8) is 0 Å². The molecule has 2 fully saturated rings. The minimum Gasteiger partial charge on any atom is -0.338 e. The monoisotopic (exact) mass is 254 g/mol. The van der Waals surface area contributed by atoms with Crippen molar-refractivity contribution in [2.24, 2.45) is 11.8 Å². The predicted octanol–water partition coefficient (Wildman–Crippen LogP) is -0.627. The van der Waals surface area contributed by atoms with E-state index in [0.717, 1.165) is 32.6 Å². The van der Waals surface area contributed by atoms with Gasteiger partial charge in [0.25, 0.3) is 0 Å². The molecule has 2 aliphatic rings. The van der Waals surface area contributed by atoms with Gasteiger partial charge in [-0.15, -0.1) is 0 Å². The van der Waals surface area contributed by atoms with Crippen molar-refractivity contribution in [2.75, 3.05) is 39.3 Å². The second-order valence-corrected chi connectivity index (χ2v) is 5.18. The largest absolute Gasteiger partial charge is 0.338 e. The summed E-state index contributed by atoms with van der Waals surface area (Å²) < 4.78 is 0. The molecule has 3 amide bonds. The van der Waals surface area contributed by atoms with Gasteiger partial charge in [-0.3, -0.25) is 15.0 Å². The van der Waals surface area contributed by atoms with E-state index in [9.17, 15) is 9.59 Å². The zero-order valence-corrected chi connectivity index (χ0v) is 10.9. The number of hydrogen-bond donors (Lipinski definition) is 3. The molecule has 2 atom stereocenters. The molecule has 2 unspecified atom stereocenters. The van der Waals surface area contributed by atoms with Crippen LogP contribution in [0.3, 0.4) is 0 Å². The number of fused-ring (bicyclic) bond motifs is 1. The second-order valence-electron chi connectivity index (χ2n) is 5.18. The van der Waals surface area contributed by atoms with Gasteiger partial charge in [0.15, 0.2) is 0 Å². The van der Waals surface area contributed by atoms with Crippen LogP contribution in [0.25, 0.3) is 0 Å². The molecule has 6 nitrogen and oxygen atoms in total. The number of carbonyl (C=O) groups is 2. The van der Waals surface area contributed by atoms with Crippen molar-refractivity contribution in [3.8, 4) is 0 Å². The molecule has 3 N–H and O–H groups in total. The number of imide groups is 1. The van der Waals surface area contributed by atoms with Gasteiger partial charge in [-0.1, -0.05) is 6.92 Å². The first-order valence-electron chi connectivity index (χ1n) is 6.69. The maximum absolute atomic E-state index is 11.7. The molecular formula is C12H22N4O2. The highest BCUT2D eigenvalue weighted by Crippen LogP contribution is 2.25. The molecule has 0 saturated carbocycles. The van der Waals surface area contributed by atoms with Crippen molar-refractivity contribution in [1.29, 1.82) is 0 Å². The van der Waals surface area contributed by atoms with Crippen LogP contribution in [0.5, 0.6) is 0 Å². The number of likely N-dealkylation sites (tertiary alicyclic amines) is 1. The van der Waals surface area contributed by atoms with Gasteiger partial charge in [0.05, 0.1) is 6.54 Å². The average Bonchev–Trinajstić information content (AvgIpc) is 2.86. The molecule has 0 spiro atoms. The SMILES string of the molecule is CCCNC(=O)NC(=O)CN1CC2CNCC2C1. The number of carbonyl (C=O) groups excluding carboxylic acids is 2. The second kappa shape index (κ2) is 6.15. The number of nitrogens with zero attached hydrogens (tertiary/aromatic N) is 1. The quantitative estimate of drug-likeness (QED) is 0.625. The molecule has 102 valence electrons. The van der Waals surface area contributed by atoms with Crippen LogP contribution in [0.4, 0.5) is 4.79 Å². The Labute approximate surface area is 107 Å². The molecule has 0 bridgehead atoms. The third-order valence-corrected chi connectivity index (χ3v) is 3.62. The molecule has 2 saturated heterocycles. The van der Waals surface area contributed by atoms with E-state index in [0.29, 0.717) is 24.9 Å². The summed E-state index contributed by atoms with van der Waals surface area (Å²) in [5.74, 6) is 1.13. The number of urea groups is 1. The first-order valence-corrected chi connectivity index (χ1v) is 6.69. The molecular weight excluding hydrogens is 232 g/mol. The van der Waals surface area contributed by atoms with Crippen molar-refractivity contribution in [1.82, 2.24) is 20.9 Å². The number of hydrogen-bond acceptors (Lipinski definition) is 4. The van der Waals surface area contributed by atoms with Gasteiger partial charge in [-0.05, 0) is 31.3 Å². The smallest absolute Gasteiger partial charge is 0.321 e. The molecule has 0 aliphatic carbocycles. The first-order chi connectivity index (χ1) is 8.69. The summed E-state index contributed by atoms with van der Waals surface area (Å²) in [5, 5.41) is 8.35. The summed E-state index contributed by atoms with van der Waals surface area (Å²) in [7, 11) is 0. The Morgan fingerprint density at radius 2 is 1.94 bits per heavy atom.